The van der Waals surface area contributed by atoms with Crippen molar-refractivity contribution in [3.8, 4) is 0 Å². The zero-order valence-corrected chi connectivity index (χ0v) is 26.0. The van der Waals surface area contributed by atoms with E-state index < -0.39 is 18.6 Å². The molecule has 212 valence electrons. The second-order valence-corrected chi connectivity index (χ2v) is 15.2. The van der Waals surface area contributed by atoms with Crippen molar-refractivity contribution in [2.24, 2.45) is 16.6 Å². The highest BCUT2D eigenvalue weighted by Crippen LogP contribution is 2.72. The van der Waals surface area contributed by atoms with Gasteiger partial charge in [-0.05, 0) is 48.2 Å². The summed E-state index contributed by atoms with van der Waals surface area (Å²) in [6.07, 6.45) is 0. The van der Waals surface area contributed by atoms with Crippen LogP contribution in [-0.4, -0.2) is 35.5 Å². The highest BCUT2D eigenvalue weighted by Gasteiger charge is 2.65. The molecule has 41 heavy (non-hydrogen) atoms. The molecular weight excluding hydrogens is 519 g/mol. The molecule has 6 rings (SSSR count). The summed E-state index contributed by atoms with van der Waals surface area (Å²) in [6.45, 7) is 9.44. The molecule has 0 amide bonds. The smallest absolute Gasteiger partial charge is 0.167 e. The summed E-state index contributed by atoms with van der Waals surface area (Å²) in [6, 6.07) is 44.4. The van der Waals surface area contributed by atoms with Gasteiger partial charge in [-0.25, -0.2) is 19.2 Å². The molecule has 1 unspecified atom stereocenters. The Labute approximate surface area is 246 Å². The number of hydrogen-bond donors (Lipinski definition) is 1. The molecule has 3 atom stereocenters. The van der Waals surface area contributed by atoms with Crippen LogP contribution in [-0.2, 0) is 11.1 Å². The Morgan fingerprint density at radius 2 is 0.902 bits per heavy atom. The van der Waals surface area contributed by atoms with Gasteiger partial charge < -0.3 is 0 Å². The van der Waals surface area contributed by atoms with Crippen LogP contribution in [0.25, 0.3) is 0 Å². The average Bonchev–Trinajstić information content (AvgIpc) is 3.44. The predicted octanol–water partition coefficient (Wildman–Crippen LogP) is 8.35. The van der Waals surface area contributed by atoms with Gasteiger partial charge in [-0.1, -0.05) is 149 Å². The number of rotatable bonds is 6. The van der Waals surface area contributed by atoms with Gasteiger partial charge in [0, 0.05) is 6.04 Å². The van der Waals surface area contributed by atoms with Gasteiger partial charge in [0.2, 0.25) is 0 Å². The third-order valence-corrected chi connectivity index (χ3v) is 12.8. The second-order valence-electron chi connectivity index (χ2n) is 12.3. The molecule has 0 bridgehead atoms. The van der Waals surface area contributed by atoms with Crippen molar-refractivity contribution in [2.45, 2.75) is 50.9 Å². The number of likely N-dealkylation sites (N-methyl/N-ethyl adjacent to an activating group) is 2. The molecule has 2 heterocycles. The highest BCUT2D eigenvalue weighted by atomic mass is 31.2. The van der Waals surface area contributed by atoms with E-state index in [0.717, 1.165) is 0 Å². The summed E-state index contributed by atoms with van der Waals surface area (Å²) in [5.41, 5.74) is 4.13. The maximum atomic E-state index is 6.19. The number of nitrogens with zero attached hydrogens (tertiary/aromatic N) is 3. The van der Waals surface area contributed by atoms with Crippen molar-refractivity contribution >= 4 is 7.51 Å². The predicted molar refractivity (Wildman–Crippen MR) is 173 cm³/mol. The Morgan fingerprint density at radius 1 is 0.561 bits per heavy atom. The molecule has 4 aromatic rings. The molecule has 2 aliphatic rings. The lowest BCUT2D eigenvalue weighted by atomic mass is 9.74. The molecule has 0 radical (unpaired) electrons. The third kappa shape index (κ3) is 4.11. The van der Waals surface area contributed by atoms with Crippen LogP contribution in [0.2, 0.25) is 0 Å². The van der Waals surface area contributed by atoms with Crippen molar-refractivity contribution in [2.75, 3.05) is 14.1 Å². The van der Waals surface area contributed by atoms with Crippen molar-refractivity contribution in [3.63, 3.8) is 0 Å². The molecule has 0 aromatic heterocycles. The lowest BCUT2D eigenvalue weighted by Crippen LogP contribution is -2.50. The van der Waals surface area contributed by atoms with Gasteiger partial charge in [-0.15, -0.1) is 0 Å². The fraction of sp³-hybridized carbons (Fsp3) is 0.333. The second kappa shape index (κ2) is 10.7. The molecule has 4 nitrogen and oxygen atoms in total. The largest absolute Gasteiger partial charge is 0.244 e. The van der Waals surface area contributed by atoms with E-state index in [2.05, 4.69) is 178 Å². The van der Waals surface area contributed by atoms with Crippen molar-refractivity contribution in [3.05, 3.63) is 144 Å². The summed E-state index contributed by atoms with van der Waals surface area (Å²) in [7, 11) is 2.18. The molecule has 4 aromatic carbocycles. The van der Waals surface area contributed by atoms with E-state index in [4.69, 9.17) is 4.74 Å². The number of benzene rings is 4. The minimum Gasteiger partial charge on any atom is -0.244 e. The minimum atomic E-state index is -2.46. The van der Waals surface area contributed by atoms with Gasteiger partial charge in [0.05, 0.1) is 11.6 Å². The van der Waals surface area contributed by atoms with Crippen LogP contribution in [0.3, 0.4) is 0 Å². The molecule has 5 heteroatoms. The monoisotopic (exact) mass is 562 g/mol. The van der Waals surface area contributed by atoms with Gasteiger partial charge in [0.1, 0.15) is 5.54 Å². The fourth-order valence-electron chi connectivity index (χ4n) is 7.92. The first kappa shape index (κ1) is 28.1. The van der Waals surface area contributed by atoms with Gasteiger partial charge in [-0.3, -0.25) is 0 Å². The highest BCUT2D eigenvalue weighted by molar-refractivity contribution is 7.60. The molecule has 0 saturated carbocycles. The van der Waals surface area contributed by atoms with Crippen LogP contribution >= 0.6 is 7.51 Å². The zero-order chi connectivity index (χ0) is 28.8. The van der Waals surface area contributed by atoms with Crippen LogP contribution < -0.4 is 5.09 Å². The van der Waals surface area contributed by atoms with E-state index >= 15 is 0 Å². The van der Waals surface area contributed by atoms with E-state index in [-0.39, 0.29) is 12.1 Å². The molecule has 0 aliphatic carbocycles. The Balaban J connectivity index is 1.71. The normalized spacial score (nSPS) is 25.7. The van der Waals surface area contributed by atoms with Crippen LogP contribution in [0.15, 0.2) is 126 Å². The van der Waals surface area contributed by atoms with Crippen LogP contribution in [0, 0.1) is 11.8 Å². The Morgan fingerprint density at radius 3 is 1.27 bits per heavy atom. The molecule has 1 N–H and O–H groups in total. The van der Waals surface area contributed by atoms with E-state index in [1.165, 1.54) is 22.3 Å². The summed E-state index contributed by atoms with van der Waals surface area (Å²) >= 11 is 0. The van der Waals surface area contributed by atoms with Crippen LogP contribution in [0.4, 0.5) is 0 Å². The number of nitrogens with one attached hydrogen (secondary N) is 1. The fourth-order valence-corrected chi connectivity index (χ4v) is 12.2. The summed E-state index contributed by atoms with van der Waals surface area (Å²) in [5.74, 6) is 0.733. The lowest BCUT2D eigenvalue weighted by Gasteiger charge is -2.40. The minimum absolute atomic E-state index is 0.158. The molecule has 1 fully saturated rings. The third-order valence-electron chi connectivity index (χ3n) is 9.33. The lowest BCUT2D eigenvalue weighted by molar-refractivity contribution is 0.217. The summed E-state index contributed by atoms with van der Waals surface area (Å²) < 4.78 is 11.5. The van der Waals surface area contributed by atoms with Gasteiger partial charge >= 0.3 is 0 Å². The van der Waals surface area contributed by atoms with Crippen molar-refractivity contribution < 1.29 is 0 Å². The van der Waals surface area contributed by atoms with Crippen LogP contribution in [0.1, 0.15) is 49.9 Å². The van der Waals surface area contributed by atoms with Crippen molar-refractivity contribution in [1.29, 1.82) is 0 Å². The number of hydrogen-bond acceptors (Lipinski definition) is 4. The maximum Gasteiger partial charge on any atom is 0.167 e. The van der Waals surface area contributed by atoms with Gasteiger partial charge in [0.15, 0.2) is 7.51 Å². The van der Waals surface area contributed by atoms with Crippen LogP contribution in [0.5, 0.6) is 0 Å². The zero-order valence-electron chi connectivity index (χ0n) is 25.1. The molecular formula is C36H43N4P. The van der Waals surface area contributed by atoms with Gasteiger partial charge in [0.25, 0.3) is 0 Å². The summed E-state index contributed by atoms with van der Waals surface area (Å²) in [5, 5.41) is 4.42. The van der Waals surface area contributed by atoms with E-state index in [1.54, 1.807) is 0 Å². The Kier molecular flexibility index (Phi) is 7.32. The van der Waals surface area contributed by atoms with E-state index in [0.29, 0.717) is 11.8 Å². The first-order valence-electron chi connectivity index (χ1n) is 14.9. The van der Waals surface area contributed by atoms with E-state index in [9.17, 15) is 0 Å². The SMILES string of the molecule is CC(C)[C@@H]1N(C)P2(=NC1(c1ccccc1)c1ccccc1)NC(c1ccccc1)(c1ccccc1)[C@H](C(C)C)N2C. The molecule has 1 spiro atoms. The molecule has 2 aliphatic heterocycles. The first-order valence-corrected chi connectivity index (χ1v) is 16.6. The maximum absolute atomic E-state index is 6.19. The standard InChI is InChI=1S/C36H43N4P/c1-27(2)33-35(29-19-11-7-12-20-29,30-21-13-8-14-22-30)37-41(39(33)5)38-36(31-23-15-9-16-24-31,32-25-17-10-18-26-32)34(28(3)4)40(41)6/h7-28,33-34,37H,1-6H3/t33-,34-,41?/m0/s1. The van der Waals surface area contributed by atoms with E-state index in [1.807, 2.05) is 0 Å². The average molecular weight is 563 g/mol. The Hall–Kier alpha value is -3.01. The first-order chi connectivity index (χ1) is 19.8. The Bertz CT molecular complexity index is 1440. The van der Waals surface area contributed by atoms with Gasteiger partial charge in [-0.2, -0.15) is 0 Å². The topological polar surface area (TPSA) is 30.9 Å². The molecule has 1 saturated heterocycles. The quantitative estimate of drug-likeness (QED) is 0.240. The summed E-state index contributed by atoms with van der Waals surface area (Å²) in [4.78, 5) is 0. The van der Waals surface area contributed by atoms with Crippen molar-refractivity contribution in [1.82, 2.24) is 14.4 Å².